The van der Waals surface area contributed by atoms with Gasteiger partial charge in [-0.05, 0) is 64.2 Å². The SMILES string of the molecule is CCCCCCC/C=C/CCCCCCCCOCC(C[N+](C)(C)C)OCCCCCCCC/C=C/CCCCCCC. The highest BCUT2D eigenvalue weighted by Crippen LogP contribution is 2.12. The summed E-state index contributed by atoms with van der Waals surface area (Å²) in [7, 11) is 6.76. The molecule has 0 aromatic heterocycles. The van der Waals surface area contributed by atoms with Crippen LogP contribution in [0.1, 0.15) is 181 Å². The molecule has 0 aromatic carbocycles. The van der Waals surface area contributed by atoms with Gasteiger partial charge in [-0.25, -0.2) is 0 Å². The van der Waals surface area contributed by atoms with Crippen molar-refractivity contribution < 1.29 is 14.0 Å². The zero-order chi connectivity index (χ0) is 31.5. The fraction of sp³-hybridized carbons (Fsp3) is 0.900. The molecule has 0 rings (SSSR count). The number of allylic oxidation sites excluding steroid dienone is 4. The molecule has 0 fully saturated rings. The fourth-order valence-corrected chi connectivity index (χ4v) is 5.68. The Hall–Kier alpha value is -0.640. The molecule has 0 amide bonds. The highest BCUT2D eigenvalue weighted by Gasteiger charge is 2.19. The van der Waals surface area contributed by atoms with Crippen molar-refractivity contribution in [3.8, 4) is 0 Å². The minimum Gasteiger partial charge on any atom is -0.379 e. The van der Waals surface area contributed by atoms with Crippen LogP contribution in [0.3, 0.4) is 0 Å². The van der Waals surface area contributed by atoms with E-state index in [-0.39, 0.29) is 6.10 Å². The van der Waals surface area contributed by atoms with Crippen molar-refractivity contribution in [1.82, 2.24) is 0 Å². The van der Waals surface area contributed by atoms with Crippen molar-refractivity contribution in [1.29, 1.82) is 0 Å². The number of likely N-dealkylation sites (N-methyl/N-ethyl adjacent to an activating group) is 1. The summed E-state index contributed by atoms with van der Waals surface area (Å²) in [4.78, 5) is 0. The zero-order valence-corrected chi connectivity index (χ0v) is 30.4. The second kappa shape index (κ2) is 34.2. The van der Waals surface area contributed by atoms with Crippen molar-refractivity contribution in [3.63, 3.8) is 0 Å². The van der Waals surface area contributed by atoms with Gasteiger partial charge in [0.05, 0.1) is 27.7 Å². The van der Waals surface area contributed by atoms with Gasteiger partial charge in [0.15, 0.2) is 0 Å². The van der Waals surface area contributed by atoms with E-state index in [9.17, 15) is 0 Å². The van der Waals surface area contributed by atoms with Crippen molar-refractivity contribution in [2.45, 2.75) is 187 Å². The summed E-state index contributed by atoms with van der Waals surface area (Å²) in [6.07, 6.45) is 44.7. The van der Waals surface area contributed by atoms with E-state index in [1.807, 2.05) is 0 Å². The van der Waals surface area contributed by atoms with E-state index >= 15 is 0 Å². The quantitative estimate of drug-likeness (QED) is 0.0406. The maximum atomic E-state index is 6.31. The Balaban J connectivity index is 3.64. The lowest BCUT2D eigenvalue weighted by atomic mass is 10.1. The maximum absolute atomic E-state index is 6.31. The topological polar surface area (TPSA) is 18.5 Å². The van der Waals surface area contributed by atoms with Crippen LogP contribution in [-0.4, -0.2) is 58.1 Å². The lowest BCUT2D eigenvalue weighted by Crippen LogP contribution is -2.44. The van der Waals surface area contributed by atoms with Crippen LogP contribution in [0.4, 0.5) is 0 Å². The third-order valence-corrected chi connectivity index (χ3v) is 8.37. The third-order valence-electron chi connectivity index (χ3n) is 8.37. The normalized spacial score (nSPS) is 13.1. The number of rotatable bonds is 35. The number of unbranched alkanes of at least 4 members (excludes halogenated alkanes) is 22. The average molecular weight is 607 g/mol. The van der Waals surface area contributed by atoms with Crippen molar-refractivity contribution >= 4 is 0 Å². The highest BCUT2D eigenvalue weighted by atomic mass is 16.5. The Kier molecular flexibility index (Phi) is 33.7. The van der Waals surface area contributed by atoms with Gasteiger partial charge in [-0.2, -0.15) is 0 Å². The standard InChI is InChI=1S/C40H80NO2/c1-6-8-10-12-14-16-18-20-22-24-26-28-30-32-34-36-42-39-40(38-41(3,4)5)43-37-35-33-31-29-27-25-23-21-19-17-15-13-11-9-7-2/h18-21,40H,6-17,22-39H2,1-5H3/q+1/b20-18+,21-19+. The largest absolute Gasteiger partial charge is 0.379 e. The highest BCUT2D eigenvalue weighted by molar-refractivity contribution is 4.82. The molecular formula is C40H80NO2+. The minimum absolute atomic E-state index is 0.211. The van der Waals surface area contributed by atoms with Gasteiger partial charge in [0, 0.05) is 13.2 Å². The lowest BCUT2D eigenvalue weighted by molar-refractivity contribution is -0.873. The molecule has 0 radical (unpaired) electrons. The van der Waals surface area contributed by atoms with Gasteiger partial charge in [-0.3, -0.25) is 0 Å². The van der Waals surface area contributed by atoms with Gasteiger partial charge >= 0.3 is 0 Å². The van der Waals surface area contributed by atoms with Crippen LogP contribution in [0, 0.1) is 0 Å². The summed E-state index contributed by atoms with van der Waals surface area (Å²) in [6.45, 7) is 8.09. The van der Waals surface area contributed by atoms with Crippen LogP contribution < -0.4 is 0 Å². The molecule has 256 valence electrons. The Labute approximate surface area is 272 Å². The molecule has 0 heterocycles. The number of hydrogen-bond donors (Lipinski definition) is 0. The van der Waals surface area contributed by atoms with Crippen molar-refractivity contribution in [2.24, 2.45) is 0 Å². The molecular weight excluding hydrogens is 526 g/mol. The fourth-order valence-electron chi connectivity index (χ4n) is 5.68. The smallest absolute Gasteiger partial charge is 0.130 e. The summed E-state index contributed by atoms with van der Waals surface area (Å²) < 4.78 is 13.3. The van der Waals surface area contributed by atoms with Crippen LogP contribution >= 0.6 is 0 Å². The number of hydrogen-bond acceptors (Lipinski definition) is 2. The molecule has 0 spiro atoms. The van der Waals surface area contributed by atoms with Gasteiger partial charge in [0.25, 0.3) is 0 Å². The molecule has 0 aromatic rings. The van der Waals surface area contributed by atoms with E-state index < -0.39 is 0 Å². The first kappa shape index (κ1) is 42.4. The molecule has 0 aliphatic heterocycles. The molecule has 0 aliphatic rings. The van der Waals surface area contributed by atoms with E-state index in [4.69, 9.17) is 9.47 Å². The second-order valence-electron chi connectivity index (χ2n) is 14.2. The first-order chi connectivity index (χ1) is 21.0. The van der Waals surface area contributed by atoms with Gasteiger partial charge in [-0.15, -0.1) is 0 Å². The Bertz CT molecular complexity index is 580. The molecule has 3 nitrogen and oxygen atoms in total. The van der Waals surface area contributed by atoms with Crippen LogP contribution in [0.25, 0.3) is 0 Å². The molecule has 1 atom stereocenters. The van der Waals surface area contributed by atoms with Gasteiger partial charge < -0.3 is 14.0 Å². The number of nitrogens with zero attached hydrogens (tertiary/aromatic N) is 1. The van der Waals surface area contributed by atoms with Gasteiger partial charge in [0.1, 0.15) is 12.6 Å². The Morgan fingerprint density at radius 3 is 1.19 bits per heavy atom. The third kappa shape index (κ3) is 37.5. The molecule has 43 heavy (non-hydrogen) atoms. The van der Waals surface area contributed by atoms with E-state index in [2.05, 4.69) is 59.3 Å². The van der Waals surface area contributed by atoms with Crippen LogP contribution in [-0.2, 0) is 9.47 Å². The van der Waals surface area contributed by atoms with E-state index in [1.54, 1.807) is 0 Å². The first-order valence-electron chi connectivity index (χ1n) is 19.3. The monoisotopic (exact) mass is 607 g/mol. The van der Waals surface area contributed by atoms with Crippen molar-refractivity contribution in [2.75, 3.05) is 47.5 Å². The van der Waals surface area contributed by atoms with Crippen LogP contribution in [0.15, 0.2) is 24.3 Å². The van der Waals surface area contributed by atoms with Crippen LogP contribution in [0.2, 0.25) is 0 Å². The van der Waals surface area contributed by atoms with E-state index in [0.29, 0.717) is 0 Å². The summed E-state index contributed by atoms with van der Waals surface area (Å²) in [5.74, 6) is 0. The summed E-state index contributed by atoms with van der Waals surface area (Å²) in [5, 5.41) is 0. The number of quaternary nitrogens is 1. The van der Waals surface area contributed by atoms with Crippen molar-refractivity contribution in [3.05, 3.63) is 24.3 Å². The Morgan fingerprint density at radius 1 is 0.442 bits per heavy atom. The van der Waals surface area contributed by atoms with E-state index in [1.165, 1.54) is 167 Å². The number of ether oxygens (including phenoxy) is 2. The Morgan fingerprint density at radius 2 is 0.791 bits per heavy atom. The predicted octanol–water partition coefficient (Wildman–Crippen LogP) is 12.4. The summed E-state index contributed by atoms with van der Waals surface area (Å²) in [5.41, 5.74) is 0. The van der Waals surface area contributed by atoms with Gasteiger partial charge in [0.2, 0.25) is 0 Å². The second-order valence-corrected chi connectivity index (χ2v) is 14.2. The maximum Gasteiger partial charge on any atom is 0.130 e. The van der Waals surface area contributed by atoms with E-state index in [0.717, 1.165) is 30.8 Å². The molecule has 0 bridgehead atoms. The first-order valence-corrected chi connectivity index (χ1v) is 19.3. The zero-order valence-electron chi connectivity index (χ0n) is 30.4. The molecule has 1 unspecified atom stereocenters. The molecule has 0 saturated heterocycles. The molecule has 0 saturated carbocycles. The summed E-state index contributed by atoms with van der Waals surface area (Å²) >= 11 is 0. The minimum atomic E-state index is 0.211. The summed E-state index contributed by atoms with van der Waals surface area (Å²) in [6, 6.07) is 0. The molecule has 0 aliphatic carbocycles. The predicted molar refractivity (Wildman–Crippen MR) is 193 cm³/mol. The van der Waals surface area contributed by atoms with Crippen LogP contribution in [0.5, 0.6) is 0 Å². The van der Waals surface area contributed by atoms with Gasteiger partial charge in [-0.1, -0.05) is 141 Å². The lowest BCUT2D eigenvalue weighted by Gasteiger charge is -2.29. The average Bonchev–Trinajstić information content (AvgIpc) is 2.97. The molecule has 3 heteroatoms. The molecule has 0 N–H and O–H groups in total.